The molecule has 0 unspecified atom stereocenters. The van der Waals surface area contributed by atoms with Gasteiger partial charge in [0.05, 0.1) is 10.0 Å². The van der Waals surface area contributed by atoms with Gasteiger partial charge in [0.15, 0.2) is 5.75 Å². The molecule has 0 spiro atoms. The third-order valence-corrected chi connectivity index (χ3v) is 3.58. The van der Waals surface area contributed by atoms with E-state index in [0.29, 0.717) is 34.0 Å². The van der Waals surface area contributed by atoms with Crippen molar-refractivity contribution in [1.29, 1.82) is 0 Å². The Morgan fingerprint density at radius 3 is 2.52 bits per heavy atom. The molecule has 6 heteroatoms. The molecule has 2 rings (SSSR count). The van der Waals surface area contributed by atoms with E-state index in [1.807, 2.05) is 12.3 Å². The molecule has 0 atom stereocenters. The molecule has 0 saturated heterocycles. The number of hydrogen-bond acceptors (Lipinski definition) is 3. The molecule has 21 heavy (non-hydrogen) atoms. The number of benzene rings is 1. The summed E-state index contributed by atoms with van der Waals surface area (Å²) < 4.78 is 5.58. The third kappa shape index (κ3) is 5.36. The van der Waals surface area contributed by atoms with Gasteiger partial charge in [-0.2, -0.15) is 0 Å². The summed E-state index contributed by atoms with van der Waals surface area (Å²) >= 11 is 17.9. The second kappa shape index (κ2) is 8.44. The van der Waals surface area contributed by atoms with Crippen molar-refractivity contribution < 1.29 is 4.74 Å². The molecular formula is C15H15Cl3N2O. The predicted octanol–water partition coefficient (Wildman–Crippen LogP) is 4.25. The minimum absolute atomic E-state index is 0.419. The van der Waals surface area contributed by atoms with Gasteiger partial charge in [0.2, 0.25) is 0 Å². The van der Waals surface area contributed by atoms with Crippen LogP contribution in [0.3, 0.4) is 0 Å². The molecule has 0 aliphatic rings. The van der Waals surface area contributed by atoms with Gasteiger partial charge in [-0.25, -0.2) is 0 Å². The summed E-state index contributed by atoms with van der Waals surface area (Å²) in [7, 11) is 0. The smallest absolute Gasteiger partial charge is 0.156 e. The fourth-order valence-corrected chi connectivity index (χ4v) is 2.72. The number of nitrogens with zero attached hydrogens (tertiary/aromatic N) is 1. The van der Waals surface area contributed by atoms with E-state index in [1.54, 1.807) is 18.3 Å². The van der Waals surface area contributed by atoms with Crippen molar-refractivity contribution >= 4 is 34.8 Å². The molecule has 2 aromatic rings. The summed E-state index contributed by atoms with van der Waals surface area (Å²) in [5.74, 6) is 0.469. The first-order valence-electron chi connectivity index (χ1n) is 6.54. The maximum atomic E-state index is 6.03. The Morgan fingerprint density at radius 2 is 1.86 bits per heavy atom. The second-order valence-electron chi connectivity index (χ2n) is 4.41. The Morgan fingerprint density at radius 1 is 1.10 bits per heavy atom. The molecule has 1 aromatic carbocycles. The minimum Gasteiger partial charge on any atom is -0.489 e. The van der Waals surface area contributed by atoms with Gasteiger partial charge in [0, 0.05) is 24.0 Å². The van der Waals surface area contributed by atoms with Crippen LogP contribution in [0.2, 0.25) is 15.1 Å². The van der Waals surface area contributed by atoms with Crippen LogP contribution in [0.15, 0.2) is 36.7 Å². The lowest BCUT2D eigenvalue weighted by atomic mass is 10.2. The van der Waals surface area contributed by atoms with E-state index in [-0.39, 0.29) is 0 Å². The molecule has 0 radical (unpaired) electrons. The van der Waals surface area contributed by atoms with Crippen molar-refractivity contribution in [2.75, 3.05) is 19.7 Å². The largest absolute Gasteiger partial charge is 0.489 e. The van der Waals surface area contributed by atoms with Crippen LogP contribution in [0.25, 0.3) is 0 Å². The van der Waals surface area contributed by atoms with E-state index in [9.17, 15) is 0 Å². The number of pyridine rings is 1. The molecule has 0 saturated carbocycles. The first-order valence-corrected chi connectivity index (χ1v) is 7.67. The summed E-state index contributed by atoms with van der Waals surface area (Å²) in [6, 6.07) is 7.21. The molecule has 0 aliphatic heterocycles. The fraction of sp³-hybridized carbons (Fsp3) is 0.267. The van der Waals surface area contributed by atoms with Crippen molar-refractivity contribution in [3.05, 3.63) is 57.3 Å². The molecule has 3 nitrogen and oxygen atoms in total. The number of ether oxygens (including phenoxy) is 1. The van der Waals surface area contributed by atoms with Gasteiger partial charge in [-0.3, -0.25) is 4.98 Å². The second-order valence-corrected chi connectivity index (χ2v) is 5.66. The highest BCUT2D eigenvalue weighted by Crippen LogP contribution is 2.35. The Bertz CT molecular complexity index is 555. The van der Waals surface area contributed by atoms with E-state index in [1.165, 1.54) is 5.56 Å². The lowest BCUT2D eigenvalue weighted by Crippen LogP contribution is -2.23. The zero-order valence-corrected chi connectivity index (χ0v) is 13.5. The highest BCUT2D eigenvalue weighted by Gasteiger charge is 2.08. The molecular weight excluding hydrogens is 331 g/mol. The Kier molecular flexibility index (Phi) is 6.58. The zero-order valence-electron chi connectivity index (χ0n) is 11.3. The molecule has 0 amide bonds. The van der Waals surface area contributed by atoms with Gasteiger partial charge in [-0.05, 0) is 36.7 Å². The highest BCUT2D eigenvalue weighted by molar-refractivity contribution is 6.40. The number of rotatable bonds is 7. The van der Waals surface area contributed by atoms with Crippen LogP contribution in [-0.2, 0) is 6.42 Å². The first-order chi connectivity index (χ1) is 10.2. The van der Waals surface area contributed by atoms with E-state index in [0.717, 1.165) is 13.0 Å². The molecule has 112 valence electrons. The predicted molar refractivity (Wildman–Crippen MR) is 87.8 cm³/mol. The van der Waals surface area contributed by atoms with E-state index < -0.39 is 0 Å². The Labute approximate surface area is 139 Å². The SMILES string of the molecule is Clc1cc(Cl)c(OCCNCCc2cccnc2)c(Cl)c1. The van der Waals surface area contributed by atoms with Gasteiger partial charge in [-0.15, -0.1) is 0 Å². The van der Waals surface area contributed by atoms with Crippen molar-refractivity contribution in [1.82, 2.24) is 10.3 Å². The topological polar surface area (TPSA) is 34.1 Å². The molecule has 1 aromatic heterocycles. The lowest BCUT2D eigenvalue weighted by Gasteiger charge is -2.11. The van der Waals surface area contributed by atoms with Crippen molar-refractivity contribution in [2.24, 2.45) is 0 Å². The quantitative estimate of drug-likeness (QED) is 0.762. The van der Waals surface area contributed by atoms with Crippen LogP contribution in [0.1, 0.15) is 5.56 Å². The molecule has 1 heterocycles. The summed E-state index contributed by atoms with van der Waals surface area (Å²) in [5, 5.41) is 4.62. The zero-order chi connectivity index (χ0) is 15.1. The van der Waals surface area contributed by atoms with Crippen molar-refractivity contribution in [2.45, 2.75) is 6.42 Å². The first kappa shape index (κ1) is 16.4. The van der Waals surface area contributed by atoms with E-state index in [2.05, 4.69) is 16.4 Å². The average Bonchev–Trinajstić information content (AvgIpc) is 2.45. The molecule has 1 N–H and O–H groups in total. The van der Waals surface area contributed by atoms with Crippen molar-refractivity contribution in [3.8, 4) is 5.75 Å². The van der Waals surface area contributed by atoms with Crippen LogP contribution in [-0.4, -0.2) is 24.7 Å². The van der Waals surface area contributed by atoms with Crippen LogP contribution in [0.5, 0.6) is 5.75 Å². The molecule has 0 aliphatic carbocycles. The Balaban J connectivity index is 1.68. The number of halogens is 3. The van der Waals surface area contributed by atoms with Gasteiger partial charge < -0.3 is 10.1 Å². The maximum absolute atomic E-state index is 6.03. The van der Waals surface area contributed by atoms with Crippen LogP contribution < -0.4 is 10.1 Å². The summed E-state index contributed by atoms with van der Waals surface area (Å²) in [6.07, 6.45) is 4.56. The summed E-state index contributed by atoms with van der Waals surface area (Å²) in [5.41, 5.74) is 1.20. The number of hydrogen-bond donors (Lipinski definition) is 1. The van der Waals surface area contributed by atoms with Crippen LogP contribution in [0.4, 0.5) is 0 Å². The summed E-state index contributed by atoms with van der Waals surface area (Å²) in [6.45, 7) is 2.04. The van der Waals surface area contributed by atoms with E-state index in [4.69, 9.17) is 39.5 Å². The maximum Gasteiger partial charge on any atom is 0.156 e. The average molecular weight is 346 g/mol. The number of nitrogens with one attached hydrogen (secondary N) is 1. The summed E-state index contributed by atoms with van der Waals surface area (Å²) in [4.78, 5) is 4.07. The van der Waals surface area contributed by atoms with Gasteiger partial charge in [-0.1, -0.05) is 40.9 Å². The standard InChI is InChI=1S/C15H15Cl3N2O/c16-12-8-13(17)15(14(18)9-12)21-7-6-19-5-3-11-2-1-4-20-10-11/h1-2,4,8-10,19H,3,5-7H2. The van der Waals surface area contributed by atoms with Crippen molar-refractivity contribution in [3.63, 3.8) is 0 Å². The van der Waals surface area contributed by atoms with Gasteiger partial charge in [0.25, 0.3) is 0 Å². The Hall–Kier alpha value is -1.00. The minimum atomic E-state index is 0.419. The molecule has 0 bridgehead atoms. The van der Waals surface area contributed by atoms with Crippen LogP contribution >= 0.6 is 34.8 Å². The van der Waals surface area contributed by atoms with Crippen LogP contribution in [0, 0.1) is 0 Å². The third-order valence-electron chi connectivity index (χ3n) is 2.80. The highest BCUT2D eigenvalue weighted by atomic mass is 35.5. The lowest BCUT2D eigenvalue weighted by molar-refractivity contribution is 0.315. The number of aromatic nitrogens is 1. The fourth-order valence-electron chi connectivity index (χ4n) is 1.80. The monoisotopic (exact) mass is 344 g/mol. The normalized spacial score (nSPS) is 10.6. The van der Waals surface area contributed by atoms with Gasteiger partial charge in [0.1, 0.15) is 6.61 Å². The van der Waals surface area contributed by atoms with Gasteiger partial charge >= 0.3 is 0 Å². The van der Waals surface area contributed by atoms with E-state index >= 15 is 0 Å². The molecule has 0 fully saturated rings.